The van der Waals surface area contributed by atoms with Crippen molar-refractivity contribution in [2.24, 2.45) is 5.41 Å². The predicted octanol–water partition coefficient (Wildman–Crippen LogP) is 2.98. The quantitative estimate of drug-likeness (QED) is 0.758. The first-order valence-corrected chi connectivity index (χ1v) is 8.33. The minimum Gasteiger partial charge on any atom is -0.396 e. The van der Waals surface area contributed by atoms with Gasteiger partial charge in [-0.3, -0.25) is 5.32 Å². The van der Waals surface area contributed by atoms with Crippen LogP contribution < -0.4 is 10.6 Å². The van der Waals surface area contributed by atoms with Gasteiger partial charge in [0.25, 0.3) is 0 Å². The van der Waals surface area contributed by atoms with E-state index in [1.54, 1.807) is 0 Å². The summed E-state index contributed by atoms with van der Waals surface area (Å²) in [7, 11) is 0. The number of aliphatic hydroxyl groups is 1. The van der Waals surface area contributed by atoms with Gasteiger partial charge < -0.3 is 10.4 Å². The average molecular weight is 334 g/mol. The molecule has 0 spiro atoms. The Morgan fingerprint density at radius 3 is 2.57 bits per heavy atom. The summed E-state index contributed by atoms with van der Waals surface area (Å²) < 4.78 is 0. The molecular formula is C16H22N4O2S. The first-order chi connectivity index (χ1) is 11.0. The molecule has 2 rings (SSSR count). The van der Waals surface area contributed by atoms with Crippen molar-refractivity contribution >= 4 is 22.5 Å². The highest BCUT2D eigenvalue weighted by atomic mass is 32.1. The molecule has 0 saturated heterocycles. The molecule has 0 saturated carbocycles. The van der Waals surface area contributed by atoms with Gasteiger partial charge in [-0.1, -0.05) is 62.4 Å². The SMILES string of the molecule is CCc1nnc(NC(=O)N[C@@H](c2ccccc2)C(C)(C)CO)s1. The summed E-state index contributed by atoms with van der Waals surface area (Å²) in [6, 6.07) is 8.92. The molecule has 0 aliphatic carbocycles. The fourth-order valence-corrected chi connectivity index (χ4v) is 2.85. The van der Waals surface area contributed by atoms with Gasteiger partial charge in [0, 0.05) is 5.41 Å². The van der Waals surface area contributed by atoms with Gasteiger partial charge in [0.2, 0.25) is 5.13 Å². The maximum Gasteiger partial charge on any atom is 0.321 e. The normalized spacial score (nSPS) is 12.7. The molecule has 23 heavy (non-hydrogen) atoms. The van der Waals surface area contributed by atoms with Crippen LogP contribution >= 0.6 is 11.3 Å². The number of carbonyl (C=O) groups is 1. The molecule has 0 radical (unpaired) electrons. The van der Waals surface area contributed by atoms with Crippen molar-refractivity contribution in [3.63, 3.8) is 0 Å². The van der Waals surface area contributed by atoms with Gasteiger partial charge in [-0.05, 0) is 12.0 Å². The molecule has 6 nitrogen and oxygen atoms in total. The largest absolute Gasteiger partial charge is 0.396 e. The fourth-order valence-electron chi connectivity index (χ4n) is 2.18. The number of benzene rings is 1. The lowest BCUT2D eigenvalue weighted by atomic mass is 9.81. The van der Waals surface area contributed by atoms with E-state index < -0.39 is 5.41 Å². The first kappa shape index (κ1) is 17.4. The molecule has 0 aliphatic rings. The molecule has 0 bridgehead atoms. The molecule has 124 valence electrons. The van der Waals surface area contributed by atoms with Crippen LogP contribution in [-0.2, 0) is 6.42 Å². The second-order valence-electron chi connectivity index (χ2n) is 5.94. The molecule has 7 heteroatoms. The van der Waals surface area contributed by atoms with E-state index in [4.69, 9.17) is 0 Å². The van der Waals surface area contributed by atoms with Gasteiger partial charge in [0.15, 0.2) is 0 Å². The van der Waals surface area contributed by atoms with Crippen LogP contribution in [-0.4, -0.2) is 27.9 Å². The zero-order valence-corrected chi connectivity index (χ0v) is 14.4. The average Bonchev–Trinajstić information content (AvgIpc) is 3.01. The summed E-state index contributed by atoms with van der Waals surface area (Å²) in [5.74, 6) is 0. The number of anilines is 1. The van der Waals surface area contributed by atoms with Crippen molar-refractivity contribution in [1.82, 2.24) is 15.5 Å². The van der Waals surface area contributed by atoms with Crippen molar-refractivity contribution in [2.45, 2.75) is 33.2 Å². The van der Waals surface area contributed by atoms with Crippen LogP contribution in [0.25, 0.3) is 0 Å². The summed E-state index contributed by atoms with van der Waals surface area (Å²) in [6.07, 6.45) is 0.783. The lowest BCUT2D eigenvalue weighted by Gasteiger charge is -2.33. The van der Waals surface area contributed by atoms with E-state index in [2.05, 4.69) is 20.8 Å². The smallest absolute Gasteiger partial charge is 0.321 e. The van der Waals surface area contributed by atoms with Crippen molar-refractivity contribution in [1.29, 1.82) is 0 Å². The Morgan fingerprint density at radius 1 is 1.30 bits per heavy atom. The third kappa shape index (κ3) is 4.49. The van der Waals surface area contributed by atoms with Gasteiger partial charge in [0.1, 0.15) is 5.01 Å². The maximum absolute atomic E-state index is 12.3. The summed E-state index contributed by atoms with van der Waals surface area (Å²) >= 11 is 1.35. The molecule has 1 aromatic heterocycles. The van der Waals surface area contributed by atoms with Crippen molar-refractivity contribution in [3.05, 3.63) is 40.9 Å². The van der Waals surface area contributed by atoms with Gasteiger partial charge >= 0.3 is 6.03 Å². The summed E-state index contributed by atoms with van der Waals surface area (Å²) in [6.45, 7) is 5.75. The molecular weight excluding hydrogens is 312 g/mol. The molecule has 0 unspecified atom stereocenters. The second kappa shape index (κ2) is 7.52. The lowest BCUT2D eigenvalue weighted by molar-refractivity contribution is 0.119. The van der Waals surface area contributed by atoms with E-state index in [0.717, 1.165) is 17.0 Å². The Kier molecular flexibility index (Phi) is 5.68. The standard InChI is InChI=1S/C16H22N4O2S/c1-4-12-19-20-15(23-12)18-14(22)17-13(16(2,3)10-21)11-8-6-5-7-9-11/h5-9,13,21H,4,10H2,1-3H3,(H2,17,18,20,22)/t13-/m0/s1. The van der Waals surface area contributed by atoms with Crippen molar-refractivity contribution in [2.75, 3.05) is 11.9 Å². The van der Waals surface area contributed by atoms with Gasteiger partial charge in [-0.25, -0.2) is 4.79 Å². The Hall–Kier alpha value is -1.99. The summed E-state index contributed by atoms with van der Waals surface area (Å²) in [4.78, 5) is 12.3. The molecule has 0 fully saturated rings. The highest BCUT2D eigenvalue weighted by Gasteiger charge is 2.31. The number of nitrogens with zero attached hydrogens (tertiary/aromatic N) is 2. The Balaban J connectivity index is 2.12. The van der Waals surface area contributed by atoms with Crippen LogP contribution in [0.4, 0.5) is 9.93 Å². The first-order valence-electron chi connectivity index (χ1n) is 7.52. The zero-order chi connectivity index (χ0) is 16.9. The highest BCUT2D eigenvalue weighted by Crippen LogP contribution is 2.32. The second-order valence-corrected chi connectivity index (χ2v) is 7.01. The van der Waals surface area contributed by atoms with Crippen LogP contribution in [0.15, 0.2) is 30.3 Å². The molecule has 2 amide bonds. The van der Waals surface area contributed by atoms with Gasteiger partial charge in [-0.2, -0.15) is 0 Å². The Morgan fingerprint density at radius 2 is 2.00 bits per heavy atom. The predicted molar refractivity (Wildman–Crippen MR) is 91.5 cm³/mol. The molecule has 1 atom stereocenters. The van der Waals surface area contributed by atoms with Crippen LogP contribution in [0.2, 0.25) is 0 Å². The maximum atomic E-state index is 12.3. The lowest BCUT2D eigenvalue weighted by Crippen LogP contribution is -2.41. The molecule has 1 aromatic carbocycles. The third-order valence-corrected chi connectivity index (χ3v) is 4.57. The Bertz CT molecular complexity index is 643. The number of aryl methyl sites for hydroxylation is 1. The van der Waals surface area contributed by atoms with E-state index in [0.29, 0.717) is 5.13 Å². The van der Waals surface area contributed by atoms with E-state index in [1.165, 1.54) is 11.3 Å². The van der Waals surface area contributed by atoms with Crippen molar-refractivity contribution < 1.29 is 9.90 Å². The Labute approximate surface area is 140 Å². The van der Waals surface area contributed by atoms with Crippen LogP contribution in [0.5, 0.6) is 0 Å². The topological polar surface area (TPSA) is 87.1 Å². The highest BCUT2D eigenvalue weighted by molar-refractivity contribution is 7.15. The number of rotatable bonds is 6. The monoisotopic (exact) mass is 334 g/mol. The van der Waals surface area contributed by atoms with Crippen LogP contribution in [0.3, 0.4) is 0 Å². The summed E-state index contributed by atoms with van der Waals surface area (Å²) in [5, 5.41) is 24.6. The number of aliphatic hydroxyl groups excluding tert-OH is 1. The van der Waals surface area contributed by atoms with E-state index in [9.17, 15) is 9.90 Å². The summed E-state index contributed by atoms with van der Waals surface area (Å²) in [5.41, 5.74) is 0.433. The number of hydrogen-bond donors (Lipinski definition) is 3. The van der Waals surface area contributed by atoms with Crippen molar-refractivity contribution in [3.8, 4) is 0 Å². The minimum absolute atomic E-state index is 0.0500. The van der Waals surface area contributed by atoms with Gasteiger partial charge in [0.05, 0.1) is 12.6 Å². The van der Waals surface area contributed by atoms with E-state index in [-0.39, 0.29) is 18.7 Å². The number of urea groups is 1. The third-order valence-electron chi connectivity index (χ3n) is 3.59. The number of nitrogens with one attached hydrogen (secondary N) is 2. The van der Waals surface area contributed by atoms with E-state index >= 15 is 0 Å². The molecule has 1 heterocycles. The molecule has 2 aromatic rings. The molecule has 0 aliphatic heterocycles. The van der Waals surface area contributed by atoms with Crippen LogP contribution in [0.1, 0.15) is 37.4 Å². The van der Waals surface area contributed by atoms with Crippen LogP contribution in [0, 0.1) is 5.41 Å². The minimum atomic E-state index is -0.506. The fraction of sp³-hybridized carbons (Fsp3) is 0.438. The molecule has 3 N–H and O–H groups in total. The number of amides is 2. The number of carbonyl (C=O) groups excluding carboxylic acids is 1. The number of aromatic nitrogens is 2. The van der Waals surface area contributed by atoms with Gasteiger partial charge in [-0.15, -0.1) is 10.2 Å². The van der Waals surface area contributed by atoms with E-state index in [1.807, 2.05) is 51.1 Å². The zero-order valence-electron chi connectivity index (χ0n) is 13.5. The number of hydrogen-bond acceptors (Lipinski definition) is 5.